The van der Waals surface area contributed by atoms with Crippen molar-refractivity contribution in [2.45, 2.75) is 13.8 Å². The number of nitrogens with two attached hydrogens (primary N) is 1. The van der Waals surface area contributed by atoms with Gasteiger partial charge in [0, 0.05) is 11.1 Å². The van der Waals surface area contributed by atoms with E-state index in [0.29, 0.717) is 27.0 Å². The number of thiophene rings is 1. The summed E-state index contributed by atoms with van der Waals surface area (Å²) in [5.41, 5.74) is 10.2. The molecule has 2 heterocycles. The first kappa shape index (κ1) is 18.0. The maximum Gasteiger partial charge on any atom is 0.274 e. The highest BCUT2D eigenvalue weighted by Crippen LogP contribution is 2.30. The molecule has 28 heavy (non-hydrogen) atoms. The Labute approximate surface area is 166 Å². The highest BCUT2D eigenvalue weighted by atomic mass is 32.1. The largest absolute Gasteiger partial charge is 0.384 e. The summed E-state index contributed by atoms with van der Waals surface area (Å²) in [6.07, 6.45) is 0. The fourth-order valence-electron chi connectivity index (χ4n) is 3.24. The molecule has 0 atom stereocenters. The first-order valence-electron chi connectivity index (χ1n) is 8.83. The van der Waals surface area contributed by atoms with Gasteiger partial charge in [-0.15, -0.1) is 11.3 Å². The number of carbonyl (C=O) groups excluding carboxylic acids is 2. The highest BCUT2D eigenvalue weighted by molar-refractivity contribution is 7.12. The first-order valence-corrected chi connectivity index (χ1v) is 9.71. The maximum absolute atomic E-state index is 13.1. The van der Waals surface area contributed by atoms with Crippen LogP contribution in [-0.4, -0.2) is 16.4 Å². The topological polar surface area (TPSA) is 77.1 Å². The van der Waals surface area contributed by atoms with E-state index in [1.807, 2.05) is 55.6 Å². The van der Waals surface area contributed by atoms with Crippen LogP contribution in [0.2, 0.25) is 0 Å². The van der Waals surface area contributed by atoms with Crippen LogP contribution in [0, 0.1) is 13.8 Å². The van der Waals surface area contributed by atoms with Gasteiger partial charge in [0.1, 0.15) is 5.82 Å². The van der Waals surface area contributed by atoms with Crippen molar-refractivity contribution in [1.82, 2.24) is 4.57 Å². The number of rotatable bonds is 3. The maximum atomic E-state index is 13.1. The Bertz CT molecular complexity index is 1210. The van der Waals surface area contributed by atoms with E-state index in [9.17, 15) is 9.59 Å². The summed E-state index contributed by atoms with van der Waals surface area (Å²) in [7, 11) is 0. The number of fused-ring (bicyclic) bond motifs is 1. The quantitative estimate of drug-likeness (QED) is 0.526. The molecule has 0 aliphatic rings. The predicted octanol–water partition coefficient (Wildman–Crippen LogP) is 4.84. The number of amides is 1. The Balaban J connectivity index is 1.81. The van der Waals surface area contributed by atoms with Crippen LogP contribution in [0.4, 0.5) is 11.5 Å². The van der Waals surface area contributed by atoms with E-state index in [1.54, 1.807) is 18.2 Å². The Kier molecular flexibility index (Phi) is 4.49. The number of aromatic nitrogens is 1. The molecule has 0 saturated carbocycles. The molecule has 6 heteroatoms. The molecule has 2 aromatic carbocycles. The van der Waals surface area contributed by atoms with Crippen molar-refractivity contribution in [2.75, 3.05) is 11.1 Å². The molecule has 4 aromatic rings. The van der Waals surface area contributed by atoms with E-state index in [1.165, 1.54) is 15.9 Å². The molecule has 0 fully saturated rings. The molecule has 0 aliphatic carbocycles. The monoisotopic (exact) mass is 389 g/mol. The fourth-order valence-corrected chi connectivity index (χ4v) is 3.89. The SMILES string of the molecule is Cc1ccc(NC(=O)c2c(N)n(C(=O)c3cccs3)c3ccccc23)cc1C. The van der Waals surface area contributed by atoms with Crippen LogP contribution in [0.3, 0.4) is 0 Å². The van der Waals surface area contributed by atoms with Gasteiger partial charge in [-0.05, 0) is 54.6 Å². The van der Waals surface area contributed by atoms with Crippen LogP contribution in [0.1, 0.15) is 31.2 Å². The highest BCUT2D eigenvalue weighted by Gasteiger charge is 2.25. The number of hydrogen-bond donors (Lipinski definition) is 2. The molecular formula is C22H19N3O2S. The molecule has 1 amide bonds. The second kappa shape index (κ2) is 6.98. The van der Waals surface area contributed by atoms with Crippen LogP contribution in [0.5, 0.6) is 0 Å². The van der Waals surface area contributed by atoms with Crippen molar-refractivity contribution in [3.8, 4) is 0 Å². The third-order valence-electron chi connectivity index (χ3n) is 4.84. The molecule has 0 unspecified atom stereocenters. The van der Waals surface area contributed by atoms with E-state index in [2.05, 4.69) is 5.32 Å². The number of carbonyl (C=O) groups is 2. The Morgan fingerprint density at radius 2 is 1.79 bits per heavy atom. The predicted molar refractivity (Wildman–Crippen MR) is 114 cm³/mol. The zero-order valence-corrected chi connectivity index (χ0v) is 16.3. The number of aryl methyl sites for hydroxylation is 2. The van der Waals surface area contributed by atoms with Gasteiger partial charge < -0.3 is 11.1 Å². The van der Waals surface area contributed by atoms with Crippen molar-refractivity contribution >= 4 is 45.6 Å². The zero-order chi connectivity index (χ0) is 19.8. The van der Waals surface area contributed by atoms with E-state index < -0.39 is 0 Å². The number of para-hydroxylation sites is 1. The molecule has 0 aliphatic heterocycles. The summed E-state index contributed by atoms with van der Waals surface area (Å²) in [4.78, 5) is 26.6. The second-order valence-electron chi connectivity index (χ2n) is 6.65. The van der Waals surface area contributed by atoms with Gasteiger partial charge in [0.15, 0.2) is 0 Å². The number of nitrogen functional groups attached to an aromatic ring is 1. The normalized spacial score (nSPS) is 10.9. The van der Waals surface area contributed by atoms with Gasteiger partial charge in [-0.2, -0.15) is 0 Å². The molecule has 4 rings (SSSR count). The van der Waals surface area contributed by atoms with Gasteiger partial charge in [0.05, 0.1) is 16.0 Å². The number of benzene rings is 2. The van der Waals surface area contributed by atoms with Crippen LogP contribution in [0.15, 0.2) is 60.0 Å². The summed E-state index contributed by atoms with van der Waals surface area (Å²) in [6.45, 7) is 4.01. The minimum absolute atomic E-state index is 0.140. The summed E-state index contributed by atoms with van der Waals surface area (Å²) < 4.78 is 1.41. The van der Waals surface area contributed by atoms with Crippen molar-refractivity contribution in [3.05, 3.63) is 81.5 Å². The lowest BCUT2D eigenvalue weighted by Gasteiger charge is -2.08. The lowest BCUT2D eigenvalue weighted by atomic mass is 10.1. The average molecular weight is 389 g/mol. The molecule has 2 aromatic heterocycles. The van der Waals surface area contributed by atoms with Crippen molar-refractivity contribution in [1.29, 1.82) is 0 Å². The van der Waals surface area contributed by atoms with Gasteiger partial charge in [0.2, 0.25) is 0 Å². The third kappa shape index (κ3) is 2.97. The van der Waals surface area contributed by atoms with E-state index in [-0.39, 0.29) is 17.6 Å². The number of hydrogen-bond acceptors (Lipinski definition) is 4. The van der Waals surface area contributed by atoms with Crippen molar-refractivity contribution in [2.24, 2.45) is 0 Å². The summed E-state index contributed by atoms with van der Waals surface area (Å²) in [5.74, 6) is -0.440. The third-order valence-corrected chi connectivity index (χ3v) is 5.70. The molecule has 140 valence electrons. The number of nitrogens with one attached hydrogen (secondary N) is 1. The molecular weight excluding hydrogens is 370 g/mol. The van der Waals surface area contributed by atoms with Crippen LogP contribution in [-0.2, 0) is 0 Å². The minimum Gasteiger partial charge on any atom is -0.384 e. The summed E-state index contributed by atoms with van der Waals surface area (Å²) in [5, 5.41) is 5.39. The average Bonchev–Trinajstić information content (AvgIpc) is 3.30. The van der Waals surface area contributed by atoms with Crippen LogP contribution >= 0.6 is 11.3 Å². The van der Waals surface area contributed by atoms with Crippen molar-refractivity contribution < 1.29 is 9.59 Å². The smallest absolute Gasteiger partial charge is 0.274 e. The van der Waals surface area contributed by atoms with Gasteiger partial charge >= 0.3 is 0 Å². The zero-order valence-electron chi connectivity index (χ0n) is 15.5. The molecule has 0 saturated heterocycles. The Morgan fingerprint density at radius 1 is 1.00 bits per heavy atom. The van der Waals surface area contributed by atoms with Crippen LogP contribution in [0.25, 0.3) is 10.9 Å². The second-order valence-corrected chi connectivity index (χ2v) is 7.60. The Morgan fingerprint density at radius 3 is 2.50 bits per heavy atom. The molecule has 3 N–H and O–H groups in total. The molecule has 0 bridgehead atoms. The van der Waals surface area contributed by atoms with Gasteiger partial charge in [0.25, 0.3) is 11.8 Å². The lowest BCUT2D eigenvalue weighted by molar-refractivity contribution is 0.0971. The lowest BCUT2D eigenvalue weighted by Crippen LogP contribution is -2.17. The molecule has 0 spiro atoms. The van der Waals surface area contributed by atoms with Crippen LogP contribution < -0.4 is 11.1 Å². The Hall–Kier alpha value is -3.38. The molecule has 5 nitrogen and oxygen atoms in total. The van der Waals surface area contributed by atoms with E-state index in [4.69, 9.17) is 5.73 Å². The first-order chi connectivity index (χ1) is 13.5. The minimum atomic E-state index is -0.338. The van der Waals surface area contributed by atoms with Gasteiger partial charge in [-0.25, -0.2) is 0 Å². The fraction of sp³-hybridized carbons (Fsp3) is 0.0909. The summed E-state index contributed by atoms with van der Waals surface area (Å²) >= 11 is 1.34. The van der Waals surface area contributed by atoms with Gasteiger partial charge in [-0.3, -0.25) is 14.2 Å². The number of nitrogens with zero attached hydrogens (tertiary/aromatic N) is 1. The summed E-state index contributed by atoms with van der Waals surface area (Å²) in [6, 6.07) is 16.5. The standard InChI is InChI=1S/C22H19N3O2S/c1-13-9-10-15(12-14(13)2)24-21(26)19-16-6-3-4-7-17(16)25(20(19)23)22(27)18-8-5-11-28-18/h3-12H,23H2,1-2H3,(H,24,26). The van der Waals surface area contributed by atoms with Gasteiger partial charge in [-0.1, -0.05) is 30.3 Å². The van der Waals surface area contributed by atoms with E-state index in [0.717, 1.165) is 11.1 Å². The van der Waals surface area contributed by atoms with E-state index >= 15 is 0 Å². The van der Waals surface area contributed by atoms with Crippen molar-refractivity contribution in [3.63, 3.8) is 0 Å². The molecule has 0 radical (unpaired) electrons. The number of anilines is 2.